The maximum atomic E-state index is 12.3. The van der Waals surface area contributed by atoms with E-state index in [1.807, 2.05) is 17.5 Å². The Labute approximate surface area is 143 Å². The number of pyridine rings is 1. The lowest BCUT2D eigenvalue weighted by atomic mass is 10.0. The summed E-state index contributed by atoms with van der Waals surface area (Å²) in [7, 11) is 0. The fraction of sp³-hybridized carbons (Fsp3) is 0.400. The van der Waals surface area contributed by atoms with Gasteiger partial charge in [-0.3, -0.25) is 9.78 Å². The van der Waals surface area contributed by atoms with Crippen LogP contribution < -0.4 is 16.2 Å². The van der Waals surface area contributed by atoms with E-state index in [1.54, 1.807) is 35.5 Å². The van der Waals surface area contributed by atoms with Gasteiger partial charge in [-0.15, -0.1) is 11.3 Å². The summed E-state index contributed by atoms with van der Waals surface area (Å²) in [6.45, 7) is 0.474. The topological polar surface area (TPSA) is 78.9 Å². The predicted molar refractivity (Wildman–Crippen MR) is 92.8 cm³/mol. The molecule has 3 rings (SSSR count). The molecule has 1 saturated heterocycles. The summed E-state index contributed by atoms with van der Waals surface area (Å²) in [5, 5.41) is 6.06. The molecule has 0 bridgehead atoms. The Morgan fingerprint density at radius 1 is 1.43 bits per heavy atom. The van der Waals surface area contributed by atoms with Gasteiger partial charge in [0.1, 0.15) is 11.0 Å². The lowest BCUT2D eigenvalue weighted by molar-refractivity contribution is -0.123. The van der Waals surface area contributed by atoms with Crippen LogP contribution in [-0.2, 0) is 17.1 Å². The number of aromatic nitrogens is 2. The molecule has 1 amide bonds. The van der Waals surface area contributed by atoms with Gasteiger partial charge in [-0.05, 0) is 30.4 Å². The predicted octanol–water partition coefficient (Wildman–Crippen LogP) is 1.63. The molecular weight excluding hydrogens is 330 g/mol. The monoisotopic (exact) mass is 349 g/mol. The van der Waals surface area contributed by atoms with Crippen LogP contribution in [0.1, 0.15) is 28.7 Å². The van der Waals surface area contributed by atoms with Gasteiger partial charge in [0.2, 0.25) is 5.91 Å². The van der Waals surface area contributed by atoms with Crippen molar-refractivity contribution in [1.29, 1.82) is 0 Å². The highest BCUT2D eigenvalue weighted by Gasteiger charge is 2.29. The van der Waals surface area contributed by atoms with Crippen LogP contribution >= 0.6 is 23.1 Å². The summed E-state index contributed by atoms with van der Waals surface area (Å²) in [5.74, 6) is 0.911. The third-order valence-corrected chi connectivity index (χ3v) is 5.28. The normalized spacial score (nSPS) is 20.6. The SMILES string of the molecule is CSCc1nc(CNC(=O)C2CC(c3ccncc3)NN2)cs1. The highest BCUT2D eigenvalue weighted by atomic mass is 32.2. The van der Waals surface area contributed by atoms with Crippen molar-refractivity contribution in [3.8, 4) is 0 Å². The van der Waals surface area contributed by atoms with Gasteiger partial charge in [0.05, 0.1) is 12.2 Å². The summed E-state index contributed by atoms with van der Waals surface area (Å²) in [5.41, 5.74) is 8.28. The van der Waals surface area contributed by atoms with Crippen LogP contribution in [0.4, 0.5) is 0 Å². The van der Waals surface area contributed by atoms with Crippen LogP contribution in [0.25, 0.3) is 0 Å². The van der Waals surface area contributed by atoms with Crippen molar-refractivity contribution in [2.24, 2.45) is 0 Å². The molecular formula is C15H19N5OS2. The molecule has 1 fully saturated rings. The molecule has 1 aliphatic rings. The first kappa shape index (κ1) is 16.4. The number of carbonyl (C=O) groups is 1. The lowest BCUT2D eigenvalue weighted by Crippen LogP contribution is -2.42. The summed E-state index contributed by atoms with van der Waals surface area (Å²) in [6.07, 6.45) is 6.29. The molecule has 0 aromatic carbocycles. The Bertz CT molecular complexity index is 648. The minimum absolute atomic E-state index is 0.00604. The van der Waals surface area contributed by atoms with Crippen molar-refractivity contribution >= 4 is 29.0 Å². The molecule has 0 saturated carbocycles. The molecule has 3 heterocycles. The van der Waals surface area contributed by atoms with E-state index in [0.29, 0.717) is 13.0 Å². The standard InChI is InChI=1S/C15H19N5OS2/c1-22-9-14-18-11(8-23-14)7-17-15(21)13-6-12(19-20-13)10-2-4-16-5-3-10/h2-5,8,12-13,19-20H,6-7,9H2,1H3,(H,17,21). The highest BCUT2D eigenvalue weighted by Crippen LogP contribution is 2.21. The van der Waals surface area contributed by atoms with Crippen LogP contribution in [0.2, 0.25) is 0 Å². The molecule has 0 spiro atoms. The van der Waals surface area contributed by atoms with Gasteiger partial charge in [-0.1, -0.05) is 0 Å². The van der Waals surface area contributed by atoms with E-state index in [4.69, 9.17) is 0 Å². The fourth-order valence-corrected chi connectivity index (χ4v) is 3.98. The van der Waals surface area contributed by atoms with Crippen LogP contribution in [0.5, 0.6) is 0 Å². The number of hydrogen-bond donors (Lipinski definition) is 3. The van der Waals surface area contributed by atoms with Crippen molar-refractivity contribution < 1.29 is 4.79 Å². The summed E-state index contributed by atoms with van der Waals surface area (Å²) in [6, 6.07) is 3.81. The molecule has 2 aromatic heterocycles. The van der Waals surface area contributed by atoms with Crippen molar-refractivity contribution in [3.63, 3.8) is 0 Å². The quantitative estimate of drug-likeness (QED) is 0.736. The first-order valence-electron chi connectivity index (χ1n) is 7.37. The molecule has 2 aromatic rings. The molecule has 3 N–H and O–H groups in total. The summed E-state index contributed by atoms with van der Waals surface area (Å²) >= 11 is 3.39. The second-order valence-electron chi connectivity index (χ2n) is 5.29. The molecule has 1 aliphatic heterocycles. The Hall–Kier alpha value is -1.48. The zero-order valence-corrected chi connectivity index (χ0v) is 14.4. The third kappa shape index (κ3) is 4.29. The number of amides is 1. The van der Waals surface area contributed by atoms with Gasteiger partial charge in [-0.2, -0.15) is 11.8 Å². The molecule has 8 heteroatoms. The zero-order chi connectivity index (χ0) is 16.1. The summed E-state index contributed by atoms with van der Waals surface area (Å²) < 4.78 is 0. The molecule has 0 aliphatic carbocycles. The van der Waals surface area contributed by atoms with E-state index in [1.165, 1.54) is 0 Å². The molecule has 2 atom stereocenters. The molecule has 23 heavy (non-hydrogen) atoms. The van der Waals surface area contributed by atoms with Crippen LogP contribution in [0, 0.1) is 0 Å². The van der Waals surface area contributed by atoms with Crippen LogP contribution in [0.3, 0.4) is 0 Å². The Balaban J connectivity index is 1.49. The molecule has 0 radical (unpaired) electrons. The van der Waals surface area contributed by atoms with Gasteiger partial charge >= 0.3 is 0 Å². The minimum Gasteiger partial charge on any atom is -0.349 e. The van der Waals surface area contributed by atoms with Gasteiger partial charge in [0.25, 0.3) is 0 Å². The Morgan fingerprint density at radius 3 is 3.04 bits per heavy atom. The van der Waals surface area contributed by atoms with E-state index in [0.717, 1.165) is 22.0 Å². The maximum Gasteiger partial charge on any atom is 0.238 e. The van der Waals surface area contributed by atoms with Crippen LogP contribution in [0.15, 0.2) is 29.9 Å². The molecule has 2 unspecified atom stereocenters. The average molecular weight is 349 g/mol. The van der Waals surface area contributed by atoms with Crippen molar-refractivity contribution in [1.82, 2.24) is 26.1 Å². The Morgan fingerprint density at radius 2 is 2.26 bits per heavy atom. The van der Waals surface area contributed by atoms with E-state index in [2.05, 4.69) is 32.4 Å². The van der Waals surface area contributed by atoms with Gasteiger partial charge < -0.3 is 5.32 Å². The lowest BCUT2D eigenvalue weighted by Gasteiger charge is -2.09. The van der Waals surface area contributed by atoms with Crippen molar-refractivity contribution in [2.75, 3.05) is 6.26 Å². The van der Waals surface area contributed by atoms with E-state index in [9.17, 15) is 4.79 Å². The first-order valence-corrected chi connectivity index (χ1v) is 9.64. The average Bonchev–Trinajstić information content (AvgIpc) is 3.23. The minimum atomic E-state index is -0.238. The number of thioether (sulfide) groups is 1. The highest BCUT2D eigenvalue weighted by molar-refractivity contribution is 7.97. The number of hydrogen-bond acceptors (Lipinski definition) is 7. The Kier molecular flexibility index (Phi) is 5.60. The number of carbonyl (C=O) groups excluding carboxylic acids is 1. The number of nitrogens with zero attached hydrogens (tertiary/aromatic N) is 2. The van der Waals surface area contributed by atoms with E-state index >= 15 is 0 Å². The zero-order valence-electron chi connectivity index (χ0n) is 12.8. The second kappa shape index (κ2) is 7.87. The number of thiazole rings is 1. The maximum absolute atomic E-state index is 12.3. The third-order valence-electron chi connectivity index (χ3n) is 3.64. The van der Waals surface area contributed by atoms with E-state index < -0.39 is 0 Å². The number of rotatable bonds is 6. The van der Waals surface area contributed by atoms with Gasteiger partial charge in [0, 0.05) is 29.6 Å². The first-order chi connectivity index (χ1) is 11.3. The van der Waals surface area contributed by atoms with Crippen molar-refractivity contribution in [3.05, 3.63) is 46.2 Å². The van der Waals surface area contributed by atoms with Gasteiger partial charge in [-0.25, -0.2) is 15.8 Å². The van der Waals surface area contributed by atoms with Gasteiger partial charge in [0.15, 0.2) is 0 Å². The number of nitrogens with one attached hydrogen (secondary N) is 3. The second-order valence-corrected chi connectivity index (χ2v) is 7.10. The number of hydrazine groups is 1. The molecule has 122 valence electrons. The largest absolute Gasteiger partial charge is 0.349 e. The smallest absolute Gasteiger partial charge is 0.238 e. The van der Waals surface area contributed by atoms with Crippen LogP contribution in [-0.4, -0.2) is 28.2 Å². The fourth-order valence-electron chi connectivity index (χ4n) is 2.46. The summed E-state index contributed by atoms with van der Waals surface area (Å²) in [4.78, 5) is 20.8. The van der Waals surface area contributed by atoms with Crippen molar-refractivity contribution in [2.45, 2.75) is 30.8 Å². The molecule has 6 nitrogen and oxygen atoms in total. The van der Waals surface area contributed by atoms with E-state index in [-0.39, 0.29) is 18.0 Å².